The van der Waals surface area contributed by atoms with E-state index in [2.05, 4.69) is 40.0 Å². The van der Waals surface area contributed by atoms with Crippen molar-refractivity contribution in [1.82, 2.24) is 5.32 Å². The monoisotopic (exact) mass is 718 g/mol. The standard InChI is InChI=1S/C32H66INO6P/c1-7-9-11-13-14-15-16-17-18-19-20-22-23-25-31(38-6)30(34-32(35)26-24-21-12-10-8-2)29-40-41(36,37)39-28-27-33(3,4)5/h23,25,30-31H,7-22,24,26-29H2,1-6H3,(H,34,35)(H,36,37)/q-1/b25-23+/t30-,31+/m0/s1. The van der Waals surface area contributed by atoms with Gasteiger partial charge in [-0.05, 0) is 0 Å². The summed E-state index contributed by atoms with van der Waals surface area (Å²) >= 11 is -1.82. The normalized spacial score (nSPS) is 15.6. The van der Waals surface area contributed by atoms with E-state index in [1.54, 1.807) is 7.11 Å². The molecule has 248 valence electrons. The van der Waals surface area contributed by atoms with E-state index in [1.165, 1.54) is 70.6 Å². The van der Waals surface area contributed by atoms with Gasteiger partial charge in [0.25, 0.3) is 0 Å². The fourth-order valence-electron chi connectivity index (χ4n) is 4.51. The molecule has 7 nitrogen and oxygen atoms in total. The van der Waals surface area contributed by atoms with Crippen LogP contribution in [-0.4, -0.2) is 62.5 Å². The number of unbranched alkanes of at least 4 members (excludes halogenated alkanes) is 15. The van der Waals surface area contributed by atoms with Crippen molar-refractivity contribution < 1.29 is 46.5 Å². The van der Waals surface area contributed by atoms with Gasteiger partial charge in [0, 0.05) is 0 Å². The van der Waals surface area contributed by atoms with Gasteiger partial charge in [-0.1, -0.05) is 97.3 Å². The molecule has 0 aromatic carbocycles. The number of carbonyl (C=O) groups is 1. The average molecular weight is 719 g/mol. The number of alkyl halides is 4. The van der Waals surface area contributed by atoms with Gasteiger partial charge in [0.1, 0.15) is 0 Å². The van der Waals surface area contributed by atoms with E-state index >= 15 is 0 Å². The summed E-state index contributed by atoms with van der Waals surface area (Å²) < 4.78 is 29.6. The van der Waals surface area contributed by atoms with E-state index in [4.69, 9.17) is 13.8 Å². The summed E-state index contributed by atoms with van der Waals surface area (Å²) in [6.45, 7) is 4.47. The minimum absolute atomic E-state index is 0.0925. The molecule has 0 fully saturated rings. The molecule has 41 heavy (non-hydrogen) atoms. The number of amides is 1. The number of phosphoric acid groups is 1. The molecule has 0 heterocycles. The quantitative estimate of drug-likeness (QED) is 0.0360. The number of allylic oxidation sites excluding steroid dienone is 1. The molecule has 0 aliphatic carbocycles. The predicted molar refractivity (Wildman–Crippen MR) is 171 cm³/mol. The van der Waals surface area contributed by atoms with Crippen LogP contribution in [0.3, 0.4) is 0 Å². The fourth-order valence-corrected chi connectivity index (χ4v) is 7.15. The van der Waals surface area contributed by atoms with Crippen molar-refractivity contribution in [3.05, 3.63) is 12.2 Å². The van der Waals surface area contributed by atoms with Crippen molar-refractivity contribution in [2.75, 3.05) is 39.5 Å². The van der Waals surface area contributed by atoms with Crippen LogP contribution in [0.25, 0.3) is 0 Å². The molecule has 0 saturated heterocycles. The first-order chi connectivity index (χ1) is 19.5. The first-order valence-corrected chi connectivity index (χ1v) is 25.7. The molecule has 9 heteroatoms. The molecule has 0 aromatic rings. The van der Waals surface area contributed by atoms with Gasteiger partial charge < -0.3 is 0 Å². The summed E-state index contributed by atoms with van der Waals surface area (Å²) in [6.07, 6.45) is 24.7. The zero-order chi connectivity index (χ0) is 30.8. The van der Waals surface area contributed by atoms with Crippen molar-refractivity contribution in [3.63, 3.8) is 0 Å². The molecule has 0 aromatic heterocycles. The summed E-state index contributed by atoms with van der Waals surface area (Å²) in [7, 11) is -2.63. The summed E-state index contributed by atoms with van der Waals surface area (Å²) in [4.78, 5) is 29.6. The number of halogens is 1. The number of hydrogen-bond acceptors (Lipinski definition) is 5. The second-order valence-electron chi connectivity index (χ2n) is 12.0. The van der Waals surface area contributed by atoms with Gasteiger partial charge in [-0.15, -0.1) is 0 Å². The van der Waals surface area contributed by atoms with Crippen LogP contribution in [-0.2, 0) is 23.1 Å². The van der Waals surface area contributed by atoms with Crippen LogP contribution in [0.4, 0.5) is 0 Å². The number of carbonyl (C=O) groups excluding carboxylic acids is 1. The summed E-state index contributed by atoms with van der Waals surface area (Å²) in [6, 6.07) is -0.583. The number of rotatable bonds is 29. The van der Waals surface area contributed by atoms with Crippen molar-refractivity contribution in [1.29, 1.82) is 0 Å². The van der Waals surface area contributed by atoms with Crippen molar-refractivity contribution >= 4 is 13.7 Å². The van der Waals surface area contributed by atoms with E-state index in [-0.39, 0.29) is 19.1 Å². The van der Waals surface area contributed by atoms with Crippen molar-refractivity contribution in [3.8, 4) is 0 Å². The van der Waals surface area contributed by atoms with Crippen LogP contribution in [0.15, 0.2) is 12.2 Å². The summed E-state index contributed by atoms with van der Waals surface area (Å²) in [5.74, 6) is -0.0925. The third kappa shape index (κ3) is 27.3. The minimum atomic E-state index is -4.22. The second kappa shape index (κ2) is 26.4. The first kappa shape index (κ1) is 41.0. The van der Waals surface area contributed by atoms with Gasteiger partial charge in [0.05, 0.1) is 0 Å². The molecule has 2 N–H and O–H groups in total. The second-order valence-corrected chi connectivity index (χ2v) is 25.6. The summed E-state index contributed by atoms with van der Waals surface area (Å²) in [5.41, 5.74) is 0. The third-order valence-electron chi connectivity index (χ3n) is 7.14. The molecular weight excluding hydrogens is 652 g/mol. The SMILES string of the molecule is CCCCCCCCCCCCC/C=C/[C@@H](OC)[C@H](COP(=O)(O)OCC[I-](C)(C)C)NC(=O)CCCCCCC. The van der Waals surface area contributed by atoms with Crippen LogP contribution in [0.5, 0.6) is 0 Å². The van der Waals surface area contributed by atoms with Crippen LogP contribution >= 0.6 is 7.82 Å². The minimum Gasteiger partial charge on any atom is -0.0654 e. The Morgan fingerprint density at radius 3 is 1.85 bits per heavy atom. The van der Waals surface area contributed by atoms with Crippen molar-refractivity contribution in [2.24, 2.45) is 0 Å². The van der Waals surface area contributed by atoms with E-state index in [9.17, 15) is 14.3 Å². The van der Waals surface area contributed by atoms with Crippen LogP contribution < -0.4 is 23.8 Å². The fraction of sp³-hybridized carbons (Fsp3) is 0.906. The number of phosphoric ester groups is 1. The Hall–Kier alpha value is 0.0100. The molecule has 0 saturated carbocycles. The van der Waals surface area contributed by atoms with Gasteiger partial charge in [-0.3, -0.25) is 0 Å². The Morgan fingerprint density at radius 2 is 1.34 bits per heavy atom. The molecule has 0 aliphatic rings. The Labute approximate surface area is 257 Å². The number of nitrogens with one attached hydrogen (secondary N) is 1. The van der Waals surface area contributed by atoms with E-state index in [0.717, 1.165) is 43.0 Å². The van der Waals surface area contributed by atoms with E-state index in [0.29, 0.717) is 6.42 Å². The Kier molecular flexibility index (Phi) is 26.4. The zero-order valence-corrected chi connectivity index (χ0v) is 30.5. The molecule has 3 atom stereocenters. The van der Waals surface area contributed by atoms with Gasteiger partial charge in [-0.2, -0.15) is 0 Å². The molecular formula is C32H66INO6P-. The number of methoxy groups -OCH3 is 1. The van der Waals surface area contributed by atoms with Gasteiger partial charge in [0.15, 0.2) is 0 Å². The number of ether oxygens (including phenoxy) is 1. The maximum absolute atomic E-state index is 12.7. The zero-order valence-electron chi connectivity index (χ0n) is 27.5. The topological polar surface area (TPSA) is 94.1 Å². The van der Waals surface area contributed by atoms with E-state index < -0.39 is 38.4 Å². The molecule has 1 amide bonds. The Balaban J connectivity index is 4.72. The van der Waals surface area contributed by atoms with Crippen LogP contribution in [0.2, 0.25) is 0 Å². The molecule has 1 unspecified atom stereocenters. The van der Waals surface area contributed by atoms with Crippen LogP contribution in [0.1, 0.15) is 129 Å². The van der Waals surface area contributed by atoms with Gasteiger partial charge >= 0.3 is 161 Å². The van der Waals surface area contributed by atoms with E-state index in [1.807, 2.05) is 6.08 Å². The van der Waals surface area contributed by atoms with Crippen LogP contribution in [0, 0.1) is 0 Å². The third-order valence-corrected chi connectivity index (χ3v) is 11.8. The smallest absolute Gasteiger partial charge is 0.0654 e. The summed E-state index contributed by atoms with van der Waals surface area (Å²) in [5, 5.41) is 2.99. The predicted octanol–water partition coefficient (Wildman–Crippen LogP) is 5.29. The van der Waals surface area contributed by atoms with Crippen molar-refractivity contribution in [2.45, 2.75) is 142 Å². The molecule has 0 rings (SSSR count). The van der Waals surface area contributed by atoms with Gasteiger partial charge in [-0.25, -0.2) is 0 Å². The average Bonchev–Trinajstić information content (AvgIpc) is 2.90. The first-order valence-electron chi connectivity index (χ1n) is 16.2. The number of hydrogen-bond donors (Lipinski definition) is 2. The molecule has 0 bridgehead atoms. The maximum atomic E-state index is 12.7. The Bertz CT molecular complexity index is 700. The Morgan fingerprint density at radius 1 is 0.829 bits per heavy atom. The van der Waals surface area contributed by atoms with Gasteiger partial charge in [0.2, 0.25) is 0 Å². The molecule has 0 spiro atoms. The molecule has 0 radical (unpaired) electrons. The molecule has 0 aliphatic heterocycles.